The quantitative estimate of drug-likeness (QED) is 0.210. The zero-order chi connectivity index (χ0) is 23.1. The first-order chi connectivity index (χ1) is 16.7. The van der Waals surface area contributed by atoms with Crippen LogP contribution in [0.1, 0.15) is 11.1 Å². The zero-order valence-electron chi connectivity index (χ0n) is 19.4. The van der Waals surface area contributed by atoms with Gasteiger partial charge in [0.2, 0.25) is 12.6 Å². The number of benzene rings is 3. The Bertz CT molecular complexity index is 1530. The summed E-state index contributed by atoms with van der Waals surface area (Å²) in [7, 11) is 0. The minimum atomic E-state index is 0. The van der Waals surface area contributed by atoms with Gasteiger partial charge in [0.15, 0.2) is 0 Å². The van der Waals surface area contributed by atoms with Gasteiger partial charge in [-0.15, -0.1) is 23.8 Å². The molecule has 6 rings (SSSR count). The number of hydrogen-bond acceptors (Lipinski definition) is 3. The van der Waals surface area contributed by atoms with Crippen LogP contribution in [0.3, 0.4) is 0 Å². The number of fused-ring (bicyclic) bond motifs is 3. The molecule has 35 heavy (non-hydrogen) atoms. The number of pyridine rings is 2. The summed E-state index contributed by atoms with van der Waals surface area (Å²) in [6.07, 6.45) is 3.64. The molecule has 0 N–H and O–H groups in total. The van der Waals surface area contributed by atoms with Crippen LogP contribution in [0, 0.1) is 26.0 Å². The maximum Gasteiger partial charge on any atom is 2.00 e. The van der Waals surface area contributed by atoms with Crippen molar-refractivity contribution in [3.63, 3.8) is 0 Å². The summed E-state index contributed by atoms with van der Waals surface area (Å²) in [5.74, 6) is 1.19. The van der Waals surface area contributed by atoms with Crippen molar-refractivity contribution in [2.45, 2.75) is 13.8 Å². The molecule has 0 bridgehead atoms. The Morgan fingerprint density at radius 3 is 2.31 bits per heavy atom. The molecule has 3 heterocycles. The maximum absolute atomic E-state index is 5.98. The third kappa shape index (κ3) is 4.47. The monoisotopic (exact) mass is 631 g/mol. The third-order valence-corrected chi connectivity index (χ3v) is 6.22. The molecule has 5 aromatic rings. The topological polar surface area (TPSA) is 35.0 Å². The summed E-state index contributed by atoms with van der Waals surface area (Å²) < 4.78 is 5.98. The number of ether oxygens (including phenoxy) is 1. The Morgan fingerprint density at radius 1 is 0.714 bits per heavy atom. The van der Waals surface area contributed by atoms with E-state index in [4.69, 9.17) is 9.72 Å². The van der Waals surface area contributed by atoms with E-state index < -0.39 is 0 Å². The molecule has 2 aromatic heterocycles. The van der Waals surface area contributed by atoms with Crippen molar-refractivity contribution in [2.24, 2.45) is 0 Å². The molecular formula is C30H21BN2OPt. The van der Waals surface area contributed by atoms with Crippen LogP contribution in [0.4, 0.5) is 0 Å². The Hall–Kier alpha value is -3.49. The van der Waals surface area contributed by atoms with Crippen LogP contribution in [0.25, 0.3) is 22.3 Å². The van der Waals surface area contributed by atoms with Gasteiger partial charge in [-0.1, -0.05) is 35.3 Å². The Kier molecular flexibility index (Phi) is 6.41. The number of nitrogens with zero attached hydrogens (tertiary/aromatic N) is 2. The van der Waals surface area contributed by atoms with Crippen molar-refractivity contribution in [1.82, 2.24) is 9.97 Å². The summed E-state index contributed by atoms with van der Waals surface area (Å²) in [5.41, 5.74) is 10.1. The average Bonchev–Trinajstić information content (AvgIpc) is 3.18. The van der Waals surface area contributed by atoms with Gasteiger partial charge < -0.3 is 4.74 Å². The van der Waals surface area contributed by atoms with E-state index in [-0.39, 0.29) is 27.8 Å². The molecule has 1 aliphatic heterocycles. The van der Waals surface area contributed by atoms with Crippen LogP contribution in [-0.2, 0) is 21.1 Å². The van der Waals surface area contributed by atoms with Crippen LogP contribution in [0.2, 0.25) is 0 Å². The normalized spacial score (nSPS) is 11.4. The first-order valence-corrected chi connectivity index (χ1v) is 11.4. The van der Waals surface area contributed by atoms with Gasteiger partial charge >= 0.3 is 21.1 Å². The molecule has 3 nitrogen and oxygen atoms in total. The van der Waals surface area contributed by atoms with E-state index in [0.717, 1.165) is 27.7 Å². The minimum Gasteiger partial charge on any atom is -0.460 e. The van der Waals surface area contributed by atoms with Crippen molar-refractivity contribution in [3.8, 4) is 33.9 Å². The number of rotatable bonds is 4. The van der Waals surface area contributed by atoms with Crippen LogP contribution in [0.5, 0.6) is 11.6 Å². The summed E-state index contributed by atoms with van der Waals surface area (Å²) in [4.78, 5) is 9.04. The Labute approximate surface area is 220 Å². The molecule has 0 unspecified atom stereocenters. The SMILES string of the molecule is Cc1ccnc(Oc2[c-]c(-c3[c-]c4c(cc3)-c3ccccc3B4c3cc(C)ccn3)ccc2)c1.[Pt+2]. The van der Waals surface area contributed by atoms with Gasteiger partial charge in [-0.2, -0.15) is 29.7 Å². The smallest absolute Gasteiger partial charge is 0.460 e. The fourth-order valence-corrected chi connectivity index (χ4v) is 4.65. The van der Waals surface area contributed by atoms with Crippen molar-refractivity contribution in [1.29, 1.82) is 0 Å². The van der Waals surface area contributed by atoms with Gasteiger partial charge in [-0.25, -0.2) is 16.1 Å². The Morgan fingerprint density at radius 2 is 1.49 bits per heavy atom. The first kappa shape index (κ1) is 23.3. The second kappa shape index (κ2) is 9.64. The molecule has 0 amide bonds. The molecule has 0 radical (unpaired) electrons. The fourth-order valence-electron chi connectivity index (χ4n) is 4.65. The van der Waals surface area contributed by atoms with E-state index in [0.29, 0.717) is 11.6 Å². The van der Waals surface area contributed by atoms with E-state index in [9.17, 15) is 0 Å². The van der Waals surface area contributed by atoms with Crippen molar-refractivity contribution in [3.05, 3.63) is 115 Å². The van der Waals surface area contributed by atoms with Crippen molar-refractivity contribution >= 4 is 23.2 Å². The van der Waals surface area contributed by atoms with Crippen LogP contribution in [0.15, 0.2) is 91.3 Å². The number of aromatic nitrogens is 2. The van der Waals surface area contributed by atoms with E-state index >= 15 is 0 Å². The van der Waals surface area contributed by atoms with Gasteiger partial charge in [0, 0.05) is 29.8 Å². The van der Waals surface area contributed by atoms with Crippen LogP contribution >= 0.6 is 0 Å². The van der Waals surface area contributed by atoms with E-state index in [1.807, 2.05) is 49.5 Å². The number of hydrogen-bond donors (Lipinski definition) is 0. The van der Waals surface area contributed by atoms with E-state index in [1.54, 1.807) is 6.20 Å². The fraction of sp³-hybridized carbons (Fsp3) is 0.0667. The molecule has 1 aliphatic rings. The van der Waals surface area contributed by atoms with Crippen molar-refractivity contribution < 1.29 is 25.8 Å². The molecule has 0 saturated carbocycles. The molecule has 170 valence electrons. The predicted octanol–water partition coefficient (Wildman–Crippen LogP) is 4.65. The van der Waals surface area contributed by atoms with Gasteiger partial charge in [0.25, 0.3) is 0 Å². The van der Waals surface area contributed by atoms with Gasteiger partial charge in [-0.05, 0) is 43.2 Å². The van der Waals surface area contributed by atoms with Crippen LogP contribution < -0.4 is 21.3 Å². The summed E-state index contributed by atoms with van der Waals surface area (Å²) in [5, 5.41) is 0. The van der Waals surface area contributed by atoms with Crippen molar-refractivity contribution in [2.75, 3.05) is 0 Å². The third-order valence-electron chi connectivity index (χ3n) is 6.22. The van der Waals surface area contributed by atoms with Crippen LogP contribution in [-0.4, -0.2) is 16.7 Å². The molecule has 0 fully saturated rings. The second-order valence-electron chi connectivity index (χ2n) is 8.68. The maximum atomic E-state index is 5.98. The summed E-state index contributed by atoms with van der Waals surface area (Å²) in [6, 6.07) is 34.0. The van der Waals surface area contributed by atoms with Gasteiger partial charge in [-0.3, -0.25) is 4.98 Å². The average molecular weight is 631 g/mol. The molecule has 5 heteroatoms. The molecule has 3 aromatic carbocycles. The molecule has 0 saturated heterocycles. The molecule has 0 aliphatic carbocycles. The molecule has 0 spiro atoms. The van der Waals surface area contributed by atoms with Gasteiger partial charge in [0.05, 0.1) is 0 Å². The molecule has 0 atom stereocenters. The predicted molar refractivity (Wildman–Crippen MR) is 138 cm³/mol. The molecular weight excluding hydrogens is 610 g/mol. The summed E-state index contributed by atoms with van der Waals surface area (Å²) in [6.45, 7) is 4.18. The minimum absolute atomic E-state index is 0. The van der Waals surface area contributed by atoms with E-state index in [1.165, 1.54) is 22.2 Å². The largest absolute Gasteiger partial charge is 2.00 e. The van der Waals surface area contributed by atoms with Gasteiger partial charge in [0.1, 0.15) is 0 Å². The zero-order valence-corrected chi connectivity index (χ0v) is 21.6. The Balaban J connectivity index is 0.00000253. The standard InChI is InChI=1S/C30H21BN2O.Pt/c1-20-12-14-32-29(16-20)31-27-9-4-3-8-25(27)26-11-10-23(19-28(26)31)22-6-5-7-24(18-22)34-30-17-21(2)13-15-33-30;/h3-17H,1-2H3;/q-2;+2. The number of aryl methyl sites for hydroxylation is 2. The van der Waals surface area contributed by atoms with E-state index in [2.05, 4.69) is 66.5 Å². The summed E-state index contributed by atoms with van der Waals surface area (Å²) >= 11 is 0. The first-order valence-electron chi connectivity index (χ1n) is 11.4. The second-order valence-corrected chi connectivity index (χ2v) is 8.68.